The van der Waals surface area contributed by atoms with E-state index in [0.29, 0.717) is 24.0 Å². The van der Waals surface area contributed by atoms with Gasteiger partial charge in [-0.25, -0.2) is 0 Å². The predicted octanol–water partition coefficient (Wildman–Crippen LogP) is 4.93. The standard InChI is InChI=1S/C21H19N3O.ClH/c1-21(8-9-22,13-15-3-2-4-16(11-15)14-23)20(25)18-5-6-19-17(12-18)7-10-24-19;/h2-7,9-12,22,24H,8,13H2,1H3;1H. The number of aromatic nitrogens is 1. The van der Waals surface area contributed by atoms with Gasteiger partial charge in [-0.1, -0.05) is 19.1 Å². The van der Waals surface area contributed by atoms with E-state index in [1.54, 1.807) is 6.07 Å². The summed E-state index contributed by atoms with van der Waals surface area (Å²) < 4.78 is 0. The lowest BCUT2D eigenvalue weighted by Crippen LogP contribution is -2.31. The van der Waals surface area contributed by atoms with Crippen molar-refractivity contribution in [1.82, 2.24) is 4.98 Å². The number of H-pyrrole nitrogens is 1. The summed E-state index contributed by atoms with van der Waals surface area (Å²) in [4.78, 5) is 16.3. The molecule has 0 aliphatic heterocycles. The van der Waals surface area contributed by atoms with Crippen molar-refractivity contribution in [3.05, 3.63) is 71.4 Å². The van der Waals surface area contributed by atoms with Crippen LogP contribution in [0, 0.1) is 22.2 Å². The Morgan fingerprint density at radius 2 is 2.08 bits per heavy atom. The van der Waals surface area contributed by atoms with Crippen LogP contribution in [0.25, 0.3) is 10.9 Å². The van der Waals surface area contributed by atoms with Gasteiger partial charge >= 0.3 is 0 Å². The normalized spacial score (nSPS) is 12.6. The van der Waals surface area contributed by atoms with Crippen molar-refractivity contribution in [2.45, 2.75) is 19.8 Å². The Balaban J connectivity index is 0.00000243. The summed E-state index contributed by atoms with van der Waals surface area (Å²) in [6.07, 6.45) is 3.99. The van der Waals surface area contributed by atoms with Crippen molar-refractivity contribution in [3.8, 4) is 6.07 Å². The second-order valence-electron chi connectivity index (χ2n) is 6.57. The number of nitriles is 1. The minimum atomic E-state index is -0.722. The van der Waals surface area contributed by atoms with Gasteiger partial charge in [0, 0.05) is 28.1 Å². The highest BCUT2D eigenvalue weighted by Gasteiger charge is 2.33. The van der Waals surface area contributed by atoms with Crippen LogP contribution in [0.1, 0.15) is 34.8 Å². The number of nitrogens with zero attached hydrogens (tertiary/aromatic N) is 1. The maximum absolute atomic E-state index is 13.2. The van der Waals surface area contributed by atoms with Crippen LogP contribution in [0.4, 0.5) is 0 Å². The van der Waals surface area contributed by atoms with E-state index in [0.717, 1.165) is 16.5 Å². The Kier molecular flexibility index (Phi) is 5.97. The summed E-state index contributed by atoms with van der Waals surface area (Å²) in [5.41, 5.74) is 2.43. The average molecular weight is 366 g/mol. The number of nitrogens with one attached hydrogen (secondary N) is 2. The topological polar surface area (TPSA) is 80.5 Å². The van der Waals surface area contributed by atoms with Gasteiger partial charge in [-0.2, -0.15) is 5.26 Å². The van der Waals surface area contributed by atoms with Gasteiger partial charge in [-0.05, 0) is 61.0 Å². The van der Waals surface area contributed by atoms with Crippen molar-refractivity contribution < 1.29 is 4.79 Å². The smallest absolute Gasteiger partial charge is 0.169 e. The molecule has 0 aliphatic rings. The quantitative estimate of drug-likeness (QED) is 0.479. The molecule has 1 atom stereocenters. The number of hydrogen-bond donors (Lipinski definition) is 2. The van der Waals surface area contributed by atoms with E-state index in [1.165, 1.54) is 6.21 Å². The lowest BCUT2D eigenvalue weighted by atomic mass is 9.74. The van der Waals surface area contributed by atoms with Crippen LogP contribution >= 0.6 is 12.4 Å². The van der Waals surface area contributed by atoms with E-state index in [4.69, 9.17) is 10.7 Å². The van der Waals surface area contributed by atoms with Crippen LogP contribution in [0.5, 0.6) is 0 Å². The molecule has 5 heteroatoms. The van der Waals surface area contributed by atoms with Gasteiger partial charge in [0.1, 0.15) is 0 Å². The molecule has 132 valence electrons. The van der Waals surface area contributed by atoms with E-state index < -0.39 is 5.41 Å². The van der Waals surface area contributed by atoms with Crippen LogP contribution in [0.15, 0.2) is 54.7 Å². The van der Waals surface area contributed by atoms with E-state index in [9.17, 15) is 4.79 Å². The predicted molar refractivity (Wildman–Crippen MR) is 106 cm³/mol. The molecule has 2 aromatic carbocycles. The summed E-state index contributed by atoms with van der Waals surface area (Å²) >= 11 is 0. The van der Waals surface area contributed by atoms with Gasteiger partial charge in [-0.15, -0.1) is 12.4 Å². The molecule has 1 aromatic heterocycles. The van der Waals surface area contributed by atoms with Crippen molar-refractivity contribution >= 4 is 35.3 Å². The zero-order valence-electron chi connectivity index (χ0n) is 14.5. The largest absolute Gasteiger partial charge is 0.361 e. The first-order chi connectivity index (χ1) is 12.1. The average Bonchev–Trinajstić information content (AvgIpc) is 3.09. The third kappa shape index (κ3) is 3.84. The summed E-state index contributed by atoms with van der Waals surface area (Å²) in [6.45, 7) is 1.89. The molecule has 3 aromatic rings. The minimum Gasteiger partial charge on any atom is -0.361 e. The highest BCUT2D eigenvalue weighted by atomic mass is 35.5. The highest BCUT2D eigenvalue weighted by Crippen LogP contribution is 2.31. The molecule has 0 spiro atoms. The van der Waals surface area contributed by atoms with Gasteiger partial charge in [0.05, 0.1) is 11.6 Å². The number of halogens is 1. The van der Waals surface area contributed by atoms with Crippen molar-refractivity contribution in [2.75, 3.05) is 0 Å². The molecule has 26 heavy (non-hydrogen) atoms. The number of carbonyl (C=O) groups excluding carboxylic acids is 1. The molecule has 0 aliphatic carbocycles. The van der Waals surface area contributed by atoms with Gasteiger partial charge in [-0.3, -0.25) is 4.79 Å². The SMILES string of the molecule is CC(CC=N)(Cc1cccc(C#N)c1)C(=O)c1ccc2[nH]ccc2c1.Cl. The van der Waals surface area contributed by atoms with Gasteiger partial charge < -0.3 is 10.4 Å². The van der Waals surface area contributed by atoms with Crippen LogP contribution in [-0.4, -0.2) is 17.0 Å². The summed E-state index contributed by atoms with van der Waals surface area (Å²) in [6, 6.07) is 17.0. The zero-order chi connectivity index (χ0) is 17.9. The molecule has 1 unspecified atom stereocenters. The maximum Gasteiger partial charge on any atom is 0.169 e. The second kappa shape index (κ2) is 7.99. The molecule has 0 fully saturated rings. The molecule has 0 amide bonds. The fourth-order valence-electron chi connectivity index (χ4n) is 3.21. The molecule has 3 rings (SSSR count). The van der Waals surface area contributed by atoms with E-state index >= 15 is 0 Å². The number of hydrogen-bond acceptors (Lipinski definition) is 3. The molecular formula is C21H20ClN3O. The van der Waals surface area contributed by atoms with Crippen LogP contribution in [-0.2, 0) is 6.42 Å². The van der Waals surface area contributed by atoms with Crippen molar-refractivity contribution in [3.63, 3.8) is 0 Å². The maximum atomic E-state index is 13.2. The number of carbonyl (C=O) groups is 1. The number of benzene rings is 2. The van der Waals surface area contributed by atoms with Crippen LogP contribution in [0.2, 0.25) is 0 Å². The molecule has 0 radical (unpaired) electrons. The number of rotatable bonds is 6. The second-order valence-corrected chi connectivity index (χ2v) is 6.57. The van der Waals surface area contributed by atoms with Crippen LogP contribution < -0.4 is 0 Å². The van der Waals surface area contributed by atoms with E-state index in [1.807, 2.05) is 55.6 Å². The third-order valence-corrected chi connectivity index (χ3v) is 4.57. The van der Waals surface area contributed by atoms with E-state index in [-0.39, 0.29) is 18.2 Å². The Bertz CT molecular complexity index is 986. The Morgan fingerprint density at radius 1 is 1.27 bits per heavy atom. The lowest BCUT2D eigenvalue weighted by Gasteiger charge is -2.27. The van der Waals surface area contributed by atoms with Gasteiger partial charge in [0.15, 0.2) is 5.78 Å². The Hall–Kier alpha value is -2.90. The monoisotopic (exact) mass is 365 g/mol. The fraction of sp³-hybridized carbons (Fsp3) is 0.190. The van der Waals surface area contributed by atoms with Crippen molar-refractivity contribution in [2.24, 2.45) is 5.41 Å². The number of ketones is 1. The number of fused-ring (bicyclic) bond motifs is 1. The number of aromatic amines is 1. The lowest BCUT2D eigenvalue weighted by molar-refractivity contribution is 0.0824. The molecule has 1 heterocycles. The highest BCUT2D eigenvalue weighted by molar-refractivity contribution is 6.04. The fourth-order valence-corrected chi connectivity index (χ4v) is 3.21. The minimum absolute atomic E-state index is 0. The molecule has 0 bridgehead atoms. The molecule has 0 saturated heterocycles. The van der Waals surface area contributed by atoms with Crippen LogP contribution in [0.3, 0.4) is 0 Å². The van der Waals surface area contributed by atoms with E-state index in [2.05, 4.69) is 11.1 Å². The van der Waals surface area contributed by atoms with Crippen molar-refractivity contribution in [1.29, 1.82) is 10.7 Å². The number of Topliss-reactive ketones (excluding diaryl/α,β-unsaturated/α-hetero) is 1. The summed E-state index contributed by atoms with van der Waals surface area (Å²) in [5.74, 6) is 0.0152. The molecule has 4 nitrogen and oxygen atoms in total. The first-order valence-corrected chi connectivity index (χ1v) is 8.16. The molecule has 2 N–H and O–H groups in total. The van der Waals surface area contributed by atoms with Gasteiger partial charge in [0.25, 0.3) is 0 Å². The first-order valence-electron chi connectivity index (χ1n) is 8.16. The molecular weight excluding hydrogens is 346 g/mol. The summed E-state index contributed by atoms with van der Waals surface area (Å²) in [5, 5.41) is 17.6. The third-order valence-electron chi connectivity index (χ3n) is 4.57. The molecule has 0 saturated carbocycles. The Labute approximate surface area is 158 Å². The first kappa shape index (κ1) is 19.4. The Morgan fingerprint density at radius 3 is 2.81 bits per heavy atom. The zero-order valence-corrected chi connectivity index (χ0v) is 15.3. The summed E-state index contributed by atoms with van der Waals surface area (Å²) in [7, 11) is 0. The van der Waals surface area contributed by atoms with Gasteiger partial charge in [0.2, 0.25) is 0 Å².